The maximum atomic E-state index is 12.0. The quantitative estimate of drug-likeness (QED) is 0.825. The lowest BCUT2D eigenvalue weighted by Crippen LogP contribution is -2.22. The molecule has 9 heteroatoms. The number of nitrogens with one attached hydrogen (secondary N) is 2. The minimum Gasteiger partial charge on any atom is -0.354 e. The van der Waals surface area contributed by atoms with Gasteiger partial charge in [0.05, 0.1) is 22.9 Å². The maximum absolute atomic E-state index is 12.0. The second kappa shape index (κ2) is 6.73. The molecule has 0 aliphatic rings. The SMILES string of the molecule is CNC(=O)c1nn(C)cc1NC(=O)CCn1ncc(Br)c1C. The predicted octanol–water partition coefficient (Wildman–Crippen LogP) is 1.08. The zero-order valence-electron chi connectivity index (χ0n) is 12.6. The van der Waals surface area contributed by atoms with Gasteiger partial charge in [-0.25, -0.2) is 0 Å². The molecule has 2 rings (SSSR count). The smallest absolute Gasteiger partial charge is 0.273 e. The summed E-state index contributed by atoms with van der Waals surface area (Å²) in [5.74, 6) is -0.549. The van der Waals surface area contributed by atoms with Gasteiger partial charge in [0.25, 0.3) is 5.91 Å². The average molecular weight is 369 g/mol. The van der Waals surface area contributed by atoms with Crippen molar-refractivity contribution in [3.8, 4) is 0 Å². The third kappa shape index (κ3) is 3.53. The monoisotopic (exact) mass is 368 g/mol. The van der Waals surface area contributed by atoms with E-state index in [-0.39, 0.29) is 23.9 Å². The summed E-state index contributed by atoms with van der Waals surface area (Å²) in [4.78, 5) is 23.7. The molecular formula is C13H17BrN6O2. The van der Waals surface area contributed by atoms with Gasteiger partial charge in [-0.05, 0) is 22.9 Å². The minimum absolute atomic E-state index is 0.191. The summed E-state index contributed by atoms with van der Waals surface area (Å²) in [5.41, 5.74) is 1.54. The Morgan fingerprint density at radius 2 is 2.14 bits per heavy atom. The average Bonchev–Trinajstić information content (AvgIpc) is 3.00. The Morgan fingerprint density at radius 3 is 2.73 bits per heavy atom. The molecule has 2 aromatic heterocycles. The Balaban J connectivity index is 2.00. The predicted molar refractivity (Wildman–Crippen MR) is 84.5 cm³/mol. The van der Waals surface area contributed by atoms with E-state index in [9.17, 15) is 9.59 Å². The van der Waals surface area contributed by atoms with Crippen molar-refractivity contribution in [2.24, 2.45) is 7.05 Å². The number of carbonyl (C=O) groups is 2. The number of halogens is 1. The van der Waals surface area contributed by atoms with E-state index < -0.39 is 0 Å². The summed E-state index contributed by atoms with van der Waals surface area (Å²) in [6.07, 6.45) is 3.54. The third-order valence-electron chi connectivity index (χ3n) is 3.14. The summed E-state index contributed by atoms with van der Waals surface area (Å²) in [7, 11) is 3.20. The van der Waals surface area contributed by atoms with E-state index in [0.717, 1.165) is 10.2 Å². The molecular weight excluding hydrogens is 352 g/mol. The number of anilines is 1. The van der Waals surface area contributed by atoms with Gasteiger partial charge in [-0.3, -0.25) is 19.0 Å². The summed E-state index contributed by atoms with van der Waals surface area (Å²) < 4.78 is 4.13. The highest BCUT2D eigenvalue weighted by Crippen LogP contribution is 2.16. The van der Waals surface area contributed by atoms with Crippen LogP contribution < -0.4 is 10.6 Å². The van der Waals surface area contributed by atoms with Gasteiger partial charge in [0.1, 0.15) is 0 Å². The number of rotatable bonds is 5. The Kier molecular flexibility index (Phi) is 4.96. The summed E-state index contributed by atoms with van der Waals surface area (Å²) in [6.45, 7) is 2.37. The second-order valence-corrected chi connectivity index (χ2v) is 5.60. The molecule has 0 aliphatic carbocycles. The number of aromatic nitrogens is 4. The van der Waals surface area contributed by atoms with Gasteiger partial charge in [0.15, 0.2) is 5.69 Å². The number of aryl methyl sites for hydroxylation is 2. The van der Waals surface area contributed by atoms with E-state index >= 15 is 0 Å². The van der Waals surface area contributed by atoms with Gasteiger partial charge >= 0.3 is 0 Å². The van der Waals surface area contributed by atoms with Crippen LogP contribution in [-0.2, 0) is 18.4 Å². The van der Waals surface area contributed by atoms with Gasteiger partial charge in [0.2, 0.25) is 5.91 Å². The maximum Gasteiger partial charge on any atom is 0.273 e. The molecule has 2 aromatic rings. The van der Waals surface area contributed by atoms with Crippen molar-refractivity contribution < 1.29 is 9.59 Å². The molecule has 0 spiro atoms. The van der Waals surface area contributed by atoms with Crippen LogP contribution in [0.1, 0.15) is 22.6 Å². The standard InChI is InChI=1S/C13H17BrN6O2/c1-8-9(14)6-16-20(8)5-4-11(21)17-10-7-19(3)18-12(10)13(22)15-2/h6-7H,4-5H2,1-3H3,(H,15,22)(H,17,21). The van der Waals surface area contributed by atoms with Crippen LogP contribution in [0.15, 0.2) is 16.9 Å². The molecule has 8 nitrogen and oxygen atoms in total. The molecule has 0 saturated heterocycles. The van der Waals surface area contributed by atoms with Gasteiger partial charge < -0.3 is 10.6 Å². The van der Waals surface area contributed by atoms with Crippen LogP contribution in [0.25, 0.3) is 0 Å². The third-order valence-corrected chi connectivity index (χ3v) is 3.92. The van der Waals surface area contributed by atoms with E-state index in [1.165, 1.54) is 11.7 Å². The Morgan fingerprint density at radius 1 is 1.41 bits per heavy atom. The lowest BCUT2D eigenvalue weighted by Gasteiger charge is -2.06. The first kappa shape index (κ1) is 16.2. The van der Waals surface area contributed by atoms with Crippen molar-refractivity contribution in [2.45, 2.75) is 19.9 Å². The highest BCUT2D eigenvalue weighted by Gasteiger charge is 2.17. The molecule has 118 valence electrons. The van der Waals surface area contributed by atoms with Crippen LogP contribution in [0.3, 0.4) is 0 Å². The van der Waals surface area contributed by atoms with Gasteiger partial charge in [-0.2, -0.15) is 10.2 Å². The molecule has 0 saturated carbocycles. The number of carbonyl (C=O) groups excluding carboxylic acids is 2. The molecule has 22 heavy (non-hydrogen) atoms. The lowest BCUT2D eigenvalue weighted by atomic mass is 10.3. The molecule has 2 N–H and O–H groups in total. The minimum atomic E-state index is -0.345. The first-order valence-corrected chi connectivity index (χ1v) is 7.45. The fourth-order valence-corrected chi connectivity index (χ4v) is 2.23. The van der Waals surface area contributed by atoms with Crippen molar-refractivity contribution >= 4 is 33.4 Å². The van der Waals surface area contributed by atoms with Crippen LogP contribution in [-0.4, -0.2) is 38.4 Å². The first-order valence-electron chi connectivity index (χ1n) is 6.66. The topological polar surface area (TPSA) is 93.8 Å². The highest BCUT2D eigenvalue weighted by atomic mass is 79.9. The van der Waals surface area contributed by atoms with Crippen molar-refractivity contribution in [3.63, 3.8) is 0 Å². The Hall–Kier alpha value is -2.16. The molecule has 0 aromatic carbocycles. The Bertz CT molecular complexity index is 705. The van der Waals surface area contributed by atoms with Crippen LogP contribution in [0.2, 0.25) is 0 Å². The molecule has 2 amide bonds. The molecule has 0 radical (unpaired) electrons. The first-order chi connectivity index (χ1) is 10.4. The zero-order chi connectivity index (χ0) is 16.3. The van der Waals surface area contributed by atoms with E-state index in [4.69, 9.17) is 0 Å². The fourth-order valence-electron chi connectivity index (χ4n) is 1.94. The normalized spacial score (nSPS) is 10.5. The molecule has 0 aliphatic heterocycles. The highest BCUT2D eigenvalue weighted by molar-refractivity contribution is 9.10. The van der Waals surface area contributed by atoms with Crippen LogP contribution in [0.5, 0.6) is 0 Å². The largest absolute Gasteiger partial charge is 0.354 e. The van der Waals surface area contributed by atoms with E-state index in [1.807, 2.05) is 6.92 Å². The van der Waals surface area contributed by atoms with Crippen molar-refractivity contribution in [3.05, 3.63) is 28.3 Å². The summed E-state index contributed by atoms with van der Waals surface area (Å²) >= 11 is 3.37. The Labute approximate surface area is 136 Å². The number of hydrogen-bond donors (Lipinski definition) is 2. The molecule has 2 heterocycles. The van der Waals surface area contributed by atoms with Gasteiger partial charge in [-0.15, -0.1) is 0 Å². The molecule has 0 fully saturated rings. The second-order valence-electron chi connectivity index (χ2n) is 4.74. The number of hydrogen-bond acceptors (Lipinski definition) is 4. The fraction of sp³-hybridized carbons (Fsp3) is 0.385. The van der Waals surface area contributed by atoms with Crippen LogP contribution in [0, 0.1) is 6.92 Å². The molecule has 0 bridgehead atoms. The number of amides is 2. The van der Waals surface area contributed by atoms with Gasteiger partial charge in [0, 0.05) is 32.4 Å². The van der Waals surface area contributed by atoms with E-state index in [0.29, 0.717) is 12.2 Å². The van der Waals surface area contributed by atoms with Crippen molar-refractivity contribution in [1.29, 1.82) is 0 Å². The van der Waals surface area contributed by atoms with E-state index in [1.54, 1.807) is 24.1 Å². The van der Waals surface area contributed by atoms with Crippen molar-refractivity contribution in [2.75, 3.05) is 12.4 Å². The van der Waals surface area contributed by atoms with Crippen molar-refractivity contribution in [1.82, 2.24) is 24.9 Å². The van der Waals surface area contributed by atoms with Crippen LogP contribution >= 0.6 is 15.9 Å². The summed E-state index contributed by atoms with van der Waals surface area (Å²) in [5, 5.41) is 13.4. The van der Waals surface area contributed by atoms with Crippen LogP contribution in [0.4, 0.5) is 5.69 Å². The van der Waals surface area contributed by atoms with E-state index in [2.05, 4.69) is 36.8 Å². The number of nitrogens with zero attached hydrogens (tertiary/aromatic N) is 4. The zero-order valence-corrected chi connectivity index (χ0v) is 14.1. The molecule has 0 unspecified atom stereocenters. The lowest BCUT2D eigenvalue weighted by molar-refractivity contribution is -0.116. The van der Waals surface area contributed by atoms with Gasteiger partial charge in [-0.1, -0.05) is 0 Å². The molecule has 0 atom stereocenters. The summed E-state index contributed by atoms with van der Waals surface area (Å²) in [6, 6.07) is 0.